The van der Waals surface area contributed by atoms with Gasteiger partial charge in [0.15, 0.2) is 10.8 Å². The minimum atomic E-state index is -0.226. The molecule has 2 N–H and O–H groups in total. The van der Waals surface area contributed by atoms with Crippen molar-refractivity contribution < 1.29 is 14.0 Å². The Morgan fingerprint density at radius 1 is 1.17 bits per heavy atom. The molecule has 144 valence electrons. The van der Waals surface area contributed by atoms with Gasteiger partial charge in [-0.2, -0.15) is 0 Å². The molecule has 1 aliphatic rings. The minimum absolute atomic E-state index is 0.0574. The summed E-state index contributed by atoms with van der Waals surface area (Å²) in [4.78, 5) is 29.6. The van der Waals surface area contributed by atoms with E-state index in [0.29, 0.717) is 28.5 Å². The van der Waals surface area contributed by atoms with Gasteiger partial charge < -0.3 is 15.1 Å². The van der Waals surface area contributed by atoms with Crippen LogP contribution in [-0.2, 0) is 11.3 Å². The Hall–Kier alpha value is -3.10. The summed E-state index contributed by atoms with van der Waals surface area (Å²) < 4.78 is 6.97. The average molecular weight is 422 g/mol. The number of para-hydroxylation sites is 1. The summed E-state index contributed by atoms with van der Waals surface area (Å²) in [5, 5.41) is 6.46. The lowest BCUT2D eigenvalue weighted by Crippen LogP contribution is -2.24. The molecule has 1 aliphatic heterocycles. The summed E-state index contributed by atoms with van der Waals surface area (Å²) in [6, 6.07) is 17.0. The van der Waals surface area contributed by atoms with Crippen LogP contribution in [0.25, 0.3) is 21.0 Å². The number of carbonyl (C=O) groups is 2. The fraction of sp³-hybridized carbons (Fsp3) is 0.0952. The van der Waals surface area contributed by atoms with Crippen molar-refractivity contribution in [2.45, 2.75) is 11.4 Å². The van der Waals surface area contributed by atoms with E-state index in [0.717, 1.165) is 20.1 Å². The van der Waals surface area contributed by atoms with Crippen LogP contribution in [0.2, 0.25) is 0 Å². The van der Waals surface area contributed by atoms with Gasteiger partial charge in [0.1, 0.15) is 5.76 Å². The Kier molecular flexibility index (Phi) is 4.57. The number of furan rings is 1. The fourth-order valence-electron chi connectivity index (χ4n) is 3.06. The minimum Gasteiger partial charge on any atom is -0.457 e. The molecular formula is C21H15N3O3S2. The van der Waals surface area contributed by atoms with Gasteiger partial charge in [0.2, 0.25) is 5.91 Å². The van der Waals surface area contributed by atoms with Gasteiger partial charge in [-0.05, 0) is 42.5 Å². The van der Waals surface area contributed by atoms with Crippen molar-refractivity contribution in [3.8, 4) is 10.8 Å². The molecule has 4 aromatic rings. The van der Waals surface area contributed by atoms with Crippen molar-refractivity contribution in [2.75, 3.05) is 11.1 Å². The summed E-state index contributed by atoms with van der Waals surface area (Å²) in [5.41, 5.74) is 2.11. The standard InChI is InChI=1S/C21H15N3O3S2/c25-19-11-28-17-8-5-12(9-15(17)23-19)20(26)22-10-13-6-7-16(27-13)21-24-14-3-1-2-4-18(14)29-21/h1-9H,10-11H2,(H,22,26)(H,23,25). The van der Waals surface area contributed by atoms with E-state index in [1.807, 2.05) is 42.5 Å². The zero-order chi connectivity index (χ0) is 19.8. The number of anilines is 1. The van der Waals surface area contributed by atoms with Crippen LogP contribution in [0.1, 0.15) is 16.1 Å². The number of amides is 2. The Labute approximate surface area is 174 Å². The number of nitrogens with zero attached hydrogens (tertiary/aromatic N) is 1. The molecule has 0 radical (unpaired) electrons. The van der Waals surface area contributed by atoms with Gasteiger partial charge >= 0.3 is 0 Å². The molecule has 29 heavy (non-hydrogen) atoms. The van der Waals surface area contributed by atoms with Crippen molar-refractivity contribution in [1.82, 2.24) is 10.3 Å². The Balaban J connectivity index is 1.28. The fourth-order valence-corrected chi connectivity index (χ4v) is 4.78. The van der Waals surface area contributed by atoms with Crippen LogP contribution in [0, 0.1) is 0 Å². The first-order valence-electron chi connectivity index (χ1n) is 8.95. The van der Waals surface area contributed by atoms with Crippen LogP contribution < -0.4 is 10.6 Å². The zero-order valence-corrected chi connectivity index (χ0v) is 16.7. The Morgan fingerprint density at radius 3 is 2.97 bits per heavy atom. The summed E-state index contributed by atoms with van der Waals surface area (Å²) in [7, 11) is 0. The van der Waals surface area contributed by atoms with Crippen LogP contribution in [-0.4, -0.2) is 22.6 Å². The first-order chi connectivity index (χ1) is 14.2. The van der Waals surface area contributed by atoms with E-state index in [2.05, 4.69) is 15.6 Å². The van der Waals surface area contributed by atoms with Crippen molar-refractivity contribution >= 4 is 50.8 Å². The van der Waals surface area contributed by atoms with E-state index in [1.165, 1.54) is 11.8 Å². The maximum absolute atomic E-state index is 12.5. The predicted molar refractivity (Wildman–Crippen MR) is 114 cm³/mol. The number of thioether (sulfide) groups is 1. The smallest absolute Gasteiger partial charge is 0.251 e. The van der Waals surface area contributed by atoms with E-state index in [9.17, 15) is 9.59 Å². The number of hydrogen-bond acceptors (Lipinski definition) is 6. The molecule has 0 bridgehead atoms. The first-order valence-corrected chi connectivity index (χ1v) is 10.8. The number of nitrogens with one attached hydrogen (secondary N) is 2. The molecule has 0 unspecified atom stereocenters. The highest BCUT2D eigenvalue weighted by molar-refractivity contribution is 8.00. The normalized spacial score (nSPS) is 13.2. The Morgan fingerprint density at radius 2 is 2.07 bits per heavy atom. The van der Waals surface area contributed by atoms with Crippen molar-refractivity contribution in [3.63, 3.8) is 0 Å². The third-order valence-electron chi connectivity index (χ3n) is 4.46. The molecule has 0 fully saturated rings. The lowest BCUT2D eigenvalue weighted by Gasteiger charge is -2.16. The quantitative estimate of drug-likeness (QED) is 0.506. The van der Waals surface area contributed by atoms with Crippen LogP contribution in [0.3, 0.4) is 0 Å². The topological polar surface area (TPSA) is 84.2 Å². The lowest BCUT2D eigenvalue weighted by molar-refractivity contribution is -0.113. The van der Waals surface area contributed by atoms with Crippen molar-refractivity contribution in [3.05, 3.63) is 65.9 Å². The number of aromatic nitrogens is 1. The van der Waals surface area contributed by atoms with Crippen molar-refractivity contribution in [2.24, 2.45) is 0 Å². The summed E-state index contributed by atoms with van der Waals surface area (Å²) in [6.45, 7) is 0.266. The Bertz CT molecular complexity index is 1210. The van der Waals surface area contributed by atoms with Crippen LogP contribution in [0.5, 0.6) is 0 Å². The van der Waals surface area contributed by atoms with E-state index in [1.54, 1.807) is 23.5 Å². The largest absolute Gasteiger partial charge is 0.457 e. The van der Waals surface area contributed by atoms with Crippen molar-refractivity contribution in [1.29, 1.82) is 0 Å². The molecule has 8 heteroatoms. The third-order valence-corrected chi connectivity index (χ3v) is 6.59. The van der Waals surface area contributed by atoms with Gasteiger partial charge in [0.25, 0.3) is 5.91 Å². The van der Waals surface area contributed by atoms with Gasteiger partial charge in [0, 0.05) is 10.5 Å². The second-order valence-electron chi connectivity index (χ2n) is 6.48. The number of rotatable bonds is 4. The molecule has 0 atom stereocenters. The van der Waals surface area contributed by atoms with Crippen LogP contribution in [0.4, 0.5) is 5.69 Å². The van der Waals surface area contributed by atoms with E-state index >= 15 is 0 Å². The van der Waals surface area contributed by atoms with E-state index in [-0.39, 0.29) is 18.4 Å². The molecule has 3 heterocycles. The van der Waals surface area contributed by atoms with Crippen LogP contribution >= 0.6 is 23.1 Å². The summed E-state index contributed by atoms with van der Waals surface area (Å²) >= 11 is 3.04. The maximum atomic E-state index is 12.5. The molecule has 0 aliphatic carbocycles. The summed E-state index contributed by atoms with van der Waals surface area (Å²) in [6.07, 6.45) is 0. The van der Waals surface area contributed by atoms with Gasteiger partial charge in [0.05, 0.1) is 28.2 Å². The number of benzene rings is 2. The molecule has 6 nitrogen and oxygen atoms in total. The number of thiazole rings is 1. The van der Waals surface area contributed by atoms with Gasteiger partial charge in [-0.15, -0.1) is 23.1 Å². The third kappa shape index (κ3) is 3.64. The second kappa shape index (κ2) is 7.38. The van der Waals surface area contributed by atoms with Gasteiger partial charge in [-0.25, -0.2) is 4.98 Å². The molecule has 2 aromatic heterocycles. The van der Waals surface area contributed by atoms with E-state index < -0.39 is 0 Å². The molecule has 5 rings (SSSR count). The highest BCUT2D eigenvalue weighted by Gasteiger charge is 2.17. The van der Waals surface area contributed by atoms with Gasteiger partial charge in [-0.1, -0.05) is 12.1 Å². The molecule has 2 aromatic carbocycles. The SMILES string of the molecule is O=C1CSc2ccc(C(=O)NCc3ccc(-c4nc5ccccc5s4)o3)cc2N1. The lowest BCUT2D eigenvalue weighted by atomic mass is 10.2. The second-order valence-corrected chi connectivity index (χ2v) is 8.53. The molecule has 0 spiro atoms. The number of fused-ring (bicyclic) bond motifs is 2. The first kappa shape index (κ1) is 18.0. The van der Waals surface area contributed by atoms with Crippen LogP contribution in [0.15, 0.2) is 63.9 Å². The average Bonchev–Trinajstić information content (AvgIpc) is 3.38. The number of hydrogen-bond donors (Lipinski definition) is 2. The monoisotopic (exact) mass is 421 g/mol. The molecular weight excluding hydrogens is 406 g/mol. The number of carbonyl (C=O) groups excluding carboxylic acids is 2. The van der Waals surface area contributed by atoms with E-state index in [4.69, 9.17) is 4.42 Å². The highest BCUT2D eigenvalue weighted by Crippen LogP contribution is 2.32. The highest BCUT2D eigenvalue weighted by atomic mass is 32.2. The zero-order valence-electron chi connectivity index (χ0n) is 15.1. The summed E-state index contributed by atoms with van der Waals surface area (Å²) in [5.74, 6) is 1.44. The maximum Gasteiger partial charge on any atom is 0.251 e. The van der Waals surface area contributed by atoms with Gasteiger partial charge in [-0.3, -0.25) is 9.59 Å². The molecule has 0 saturated carbocycles. The molecule has 2 amide bonds. The molecule has 0 saturated heterocycles. The predicted octanol–water partition coefficient (Wildman–Crippen LogP) is 4.53.